The van der Waals surface area contributed by atoms with Crippen molar-refractivity contribution in [3.63, 3.8) is 0 Å². The first-order valence-electron chi connectivity index (χ1n) is 7.29. The highest BCUT2D eigenvalue weighted by molar-refractivity contribution is 7.92. The van der Waals surface area contributed by atoms with Gasteiger partial charge < -0.3 is 4.74 Å². The third-order valence-corrected chi connectivity index (χ3v) is 5.86. The minimum absolute atomic E-state index is 0.0911. The van der Waals surface area contributed by atoms with Crippen LogP contribution in [0.4, 0.5) is 5.13 Å². The van der Waals surface area contributed by atoms with E-state index in [1.54, 1.807) is 12.1 Å². The number of thiazole rings is 1. The summed E-state index contributed by atoms with van der Waals surface area (Å²) in [6, 6.07) is 9.18. The molecular formula is C15H18N2O3S2. The van der Waals surface area contributed by atoms with Crippen LogP contribution in [0.15, 0.2) is 30.3 Å². The van der Waals surface area contributed by atoms with Crippen LogP contribution in [0.25, 0.3) is 0 Å². The standard InChI is InChI=1S/C15H18N2O3S2/c18-22(19,11-10-20-12-6-2-1-3-7-12)17-15-16-13-8-4-5-9-14(13)21-15/h1-3,6-7H,4-5,8-11H2,(H,16,17). The van der Waals surface area contributed by atoms with Crippen LogP contribution >= 0.6 is 11.3 Å². The zero-order valence-corrected chi connectivity index (χ0v) is 13.8. The maximum atomic E-state index is 12.1. The number of hydrogen-bond donors (Lipinski definition) is 1. The first kappa shape index (κ1) is 15.3. The summed E-state index contributed by atoms with van der Waals surface area (Å²) in [6.07, 6.45) is 4.25. The Kier molecular flexibility index (Phi) is 4.63. The zero-order valence-electron chi connectivity index (χ0n) is 12.1. The Bertz CT molecular complexity index is 703. The maximum absolute atomic E-state index is 12.1. The molecule has 0 saturated carbocycles. The van der Waals surface area contributed by atoms with Gasteiger partial charge in [-0.1, -0.05) is 18.2 Å². The summed E-state index contributed by atoms with van der Waals surface area (Å²) in [5.41, 5.74) is 1.05. The molecule has 1 aromatic carbocycles. The van der Waals surface area contributed by atoms with Gasteiger partial charge in [-0.25, -0.2) is 13.4 Å². The third kappa shape index (κ3) is 3.98. The number of nitrogens with one attached hydrogen (secondary N) is 1. The van der Waals surface area contributed by atoms with Crippen LogP contribution in [-0.4, -0.2) is 25.8 Å². The molecule has 1 aliphatic rings. The van der Waals surface area contributed by atoms with Gasteiger partial charge in [-0.2, -0.15) is 0 Å². The number of para-hydroxylation sites is 1. The number of aromatic nitrogens is 1. The van der Waals surface area contributed by atoms with Crippen molar-refractivity contribution < 1.29 is 13.2 Å². The van der Waals surface area contributed by atoms with Crippen molar-refractivity contribution in [2.24, 2.45) is 0 Å². The molecule has 7 heteroatoms. The molecule has 1 aliphatic carbocycles. The van der Waals surface area contributed by atoms with Gasteiger partial charge in [-0.3, -0.25) is 4.72 Å². The topological polar surface area (TPSA) is 68.3 Å². The second-order valence-corrected chi connectivity index (χ2v) is 8.10. The molecule has 1 N–H and O–H groups in total. The minimum atomic E-state index is -3.43. The van der Waals surface area contributed by atoms with Crippen LogP contribution in [0.1, 0.15) is 23.4 Å². The molecule has 0 unspecified atom stereocenters. The van der Waals surface area contributed by atoms with Crippen molar-refractivity contribution >= 4 is 26.5 Å². The van der Waals surface area contributed by atoms with E-state index < -0.39 is 10.0 Å². The molecule has 0 amide bonds. The van der Waals surface area contributed by atoms with Crippen molar-refractivity contribution in [2.45, 2.75) is 25.7 Å². The van der Waals surface area contributed by atoms with Crippen LogP contribution in [0, 0.1) is 0 Å². The van der Waals surface area contributed by atoms with E-state index >= 15 is 0 Å². The lowest BCUT2D eigenvalue weighted by atomic mass is 10.0. The third-order valence-electron chi connectivity index (χ3n) is 3.45. The largest absolute Gasteiger partial charge is 0.492 e. The van der Waals surface area contributed by atoms with E-state index in [4.69, 9.17) is 4.74 Å². The first-order chi connectivity index (χ1) is 10.6. The lowest BCUT2D eigenvalue weighted by Crippen LogP contribution is -2.21. The van der Waals surface area contributed by atoms with Crippen LogP contribution in [0.3, 0.4) is 0 Å². The van der Waals surface area contributed by atoms with E-state index in [0.717, 1.165) is 31.4 Å². The Labute approximate surface area is 134 Å². The normalized spacial score (nSPS) is 14.4. The molecule has 1 aromatic heterocycles. The van der Waals surface area contributed by atoms with Gasteiger partial charge >= 0.3 is 0 Å². The molecule has 118 valence electrons. The van der Waals surface area contributed by atoms with Gasteiger partial charge in [0.25, 0.3) is 0 Å². The number of ether oxygens (including phenoxy) is 1. The number of nitrogens with zero attached hydrogens (tertiary/aromatic N) is 1. The predicted octanol–water partition coefficient (Wildman–Crippen LogP) is 2.84. The molecule has 0 saturated heterocycles. The first-order valence-corrected chi connectivity index (χ1v) is 9.76. The van der Waals surface area contributed by atoms with Crippen LogP contribution < -0.4 is 9.46 Å². The summed E-state index contributed by atoms with van der Waals surface area (Å²) in [4.78, 5) is 5.60. The highest BCUT2D eigenvalue weighted by Gasteiger charge is 2.18. The molecule has 0 bridgehead atoms. The van der Waals surface area contributed by atoms with E-state index in [9.17, 15) is 8.42 Å². The Morgan fingerprint density at radius 1 is 1.18 bits per heavy atom. The Balaban J connectivity index is 1.55. The number of rotatable bonds is 6. The maximum Gasteiger partial charge on any atom is 0.237 e. The van der Waals surface area contributed by atoms with Gasteiger partial charge in [-0.05, 0) is 37.8 Å². The monoisotopic (exact) mass is 338 g/mol. The van der Waals surface area contributed by atoms with Gasteiger partial charge in [0, 0.05) is 4.88 Å². The fourth-order valence-electron chi connectivity index (χ4n) is 2.37. The van der Waals surface area contributed by atoms with Crippen LogP contribution in [0.5, 0.6) is 5.75 Å². The van der Waals surface area contributed by atoms with E-state index in [1.807, 2.05) is 18.2 Å². The number of aryl methyl sites for hydroxylation is 2. The van der Waals surface area contributed by atoms with Gasteiger partial charge in [0.2, 0.25) is 10.0 Å². The molecule has 3 rings (SSSR count). The summed E-state index contributed by atoms with van der Waals surface area (Å²) in [7, 11) is -3.43. The smallest absolute Gasteiger partial charge is 0.237 e. The van der Waals surface area contributed by atoms with Crippen molar-refractivity contribution in [2.75, 3.05) is 17.1 Å². The summed E-state index contributed by atoms with van der Waals surface area (Å²) in [5, 5.41) is 0.478. The summed E-state index contributed by atoms with van der Waals surface area (Å²) in [5.74, 6) is 0.578. The molecule has 2 aromatic rings. The minimum Gasteiger partial charge on any atom is -0.492 e. The second kappa shape index (κ2) is 6.66. The molecule has 0 atom stereocenters. The molecule has 0 spiro atoms. The molecule has 0 fully saturated rings. The predicted molar refractivity (Wildman–Crippen MR) is 88.1 cm³/mol. The second-order valence-electron chi connectivity index (χ2n) is 5.18. The van der Waals surface area contributed by atoms with Crippen LogP contribution in [0.2, 0.25) is 0 Å². The molecule has 0 radical (unpaired) electrons. The van der Waals surface area contributed by atoms with E-state index in [-0.39, 0.29) is 12.4 Å². The average molecular weight is 338 g/mol. The van der Waals surface area contributed by atoms with Gasteiger partial charge in [0.05, 0.1) is 5.69 Å². The van der Waals surface area contributed by atoms with Gasteiger partial charge in [0.1, 0.15) is 18.1 Å². The highest BCUT2D eigenvalue weighted by Crippen LogP contribution is 2.29. The van der Waals surface area contributed by atoms with E-state index in [0.29, 0.717) is 10.9 Å². The van der Waals surface area contributed by atoms with Crippen molar-refractivity contribution in [3.05, 3.63) is 40.9 Å². The van der Waals surface area contributed by atoms with Gasteiger partial charge in [-0.15, -0.1) is 11.3 Å². The number of benzene rings is 1. The van der Waals surface area contributed by atoms with Gasteiger partial charge in [0.15, 0.2) is 5.13 Å². The SMILES string of the molecule is O=S(=O)(CCOc1ccccc1)Nc1nc2c(s1)CCCC2. The van der Waals surface area contributed by atoms with E-state index in [2.05, 4.69) is 9.71 Å². The lowest BCUT2D eigenvalue weighted by Gasteiger charge is -2.07. The summed E-state index contributed by atoms with van der Waals surface area (Å²) < 4.78 is 32.1. The molecule has 0 aliphatic heterocycles. The quantitative estimate of drug-likeness (QED) is 0.879. The van der Waals surface area contributed by atoms with Crippen molar-refractivity contribution in [1.82, 2.24) is 4.98 Å². The number of hydrogen-bond acceptors (Lipinski definition) is 5. The summed E-state index contributed by atoms with van der Waals surface area (Å²) >= 11 is 1.45. The number of fused-ring (bicyclic) bond motifs is 1. The Morgan fingerprint density at radius 2 is 1.95 bits per heavy atom. The van der Waals surface area contributed by atoms with Crippen LogP contribution in [-0.2, 0) is 22.9 Å². The van der Waals surface area contributed by atoms with Crippen molar-refractivity contribution in [3.8, 4) is 5.75 Å². The highest BCUT2D eigenvalue weighted by atomic mass is 32.2. The van der Waals surface area contributed by atoms with E-state index in [1.165, 1.54) is 16.2 Å². The lowest BCUT2D eigenvalue weighted by molar-refractivity contribution is 0.341. The average Bonchev–Trinajstić information content (AvgIpc) is 2.89. The zero-order chi connectivity index (χ0) is 15.4. The number of sulfonamides is 1. The Morgan fingerprint density at radius 3 is 2.73 bits per heavy atom. The Hall–Kier alpha value is -1.60. The fourth-order valence-corrected chi connectivity index (χ4v) is 4.53. The molecular weight excluding hydrogens is 320 g/mol. The molecule has 1 heterocycles. The van der Waals surface area contributed by atoms with Crippen molar-refractivity contribution in [1.29, 1.82) is 0 Å². The number of anilines is 1. The molecule has 5 nitrogen and oxygen atoms in total. The fraction of sp³-hybridized carbons (Fsp3) is 0.400. The molecule has 22 heavy (non-hydrogen) atoms. The summed E-state index contributed by atoms with van der Waals surface area (Å²) in [6.45, 7) is 0.116.